The summed E-state index contributed by atoms with van der Waals surface area (Å²) in [5.41, 5.74) is 1.49. The molecule has 7 heteroatoms. The number of rotatable bonds is 5. The molecule has 1 aliphatic rings. The molecule has 5 nitrogen and oxygen atoms in total. The molecule has 1 aliphatic heterocycles. The summed E-state index contributed by atoms with van der Waals surface area (Å²) in [4.78, 5) is 26.1. The molecule has 2 amide bonds. The van der Waals surface area contributed by atoms with E-state index in [1.807, 2.05) is 24.3 Å². The molecule has 0 saturated carbocycles. The van der Waals surface area contributed by atoms with Gasteiger partial charge in [-0.1, -0.05) is 29.8 Å². The van der Waals surface area contributed by atoms with Crippen LogP contribution in [0.5, 0.6) is 5.75 Å². The Balaban J connectivity index is 1.70. The lowest BCUT2D eigenvalue weighted by Crippen LogP contribution is -2.33. The Bertz CT molecular complexity index is 836. The minimum atomic E-state index is -0.337. The number of methoxy groups -OCH3 is 1. The molecular weight excluding hydrogens is 360 g/mol. The van der Waals surface area contributed by atoms with Crippen LogP contribution in [0.4, 0.5) is 10.5 Å². The van der Waals surface area contributed by atoms with Crippen LogP contribution in [0.25, 0.3) is 6.08 Å². The topological polar surface area (TPSA) is 58.6 Å². The predicted octanol–water partition coefficient (Wildman–Crippen LogP) is 4.45. The molecular formula is C18H15ClN2O3S. The van der Waals surface area contributed by atoms with Gasteiger partial charge in [0.05, 0.1) is 18.7 Å². The second kappa shape index (κ2) is 7.63. The van der Waals surface area contributed by atoms with Gasteiger partial charge in [-0.25, -0.2) is 0 Å². The van der Waals surface area contributed by atoms with Crippen LogP contribution in [0, 0.1) is 0 Å². The van der Waals surface area contributed by atoms with Crippen molar-refractivity contribution in [3.05, 3.63) is 64.0 Å². The Morgan fingerprint density at radius 3 is 2.56 bits per heavy atom. The van der Waals surface area contributed by atoms with Crippen molar-refractivity contribution in [3.63, 3.8) is 0 Å². The zero-order chi connectivity index (χ0) is 17.8. The highest BCUT2D eigenvalue weighted by molar-refractivity contribution is 8.18. The van der Waals surface area contributed by atoms with Crippen molar-refractivity contribution in [3.8, 4) is 5.75 Å². The average molecular weight is 375 g/mol. The first-order chi connectivity index (χ1) is 12.1. The summed E-state index contributed by atoms with van der Waals surface area (Å²) in [6.07, 6.45) is 1.64. The molecule has 0 aromatic heterocycles. The molecule has 0 atom stereocenters. The van der Waals surface area contributed by atoms with Crippen LogP contribution in [0.3, 0.4) is 0 Å². The van der Waals surface area contributed by atoms with E-state index < -0.39 is 0 Å². The molecule has 0 bridgehead atoms. The van der Waals surface area contributed by atoms with Gasteiger partial charge in [-0.3, -0.25) is 14.5 Å². The number of nitrogens with zero attached hydrogens (tertiary/aromatic N) is 1. The highest BCUT2D eigenvalue weighted by Gasteiger charge is 2.34. The number of anilines is 1. The highest BCUT2D eigenvalue weighted by Crippen LogP contribution is 2.33. The highest BCUT2D eigenvalue weighted by atomic mass is 35.5. The zero-order valence-electron chi connectivity index (χ0n) is 13.4. The van der Waals surface area contributed by atoms with Crippen molar-refractivity contribution >= 4 is 46.3 Å². The molecule has 2 aromatic rings. The van der Waals surface area contributed by atoms with Gasteiger partial charge in [-0.05, 0) is 53.7 Å². The number of hydrogen-bond acceptors (Lipinski definition) is 5. The molecule has 3 rings (SSSR count). The summed E-state index contributed by atoms with van der Waals surface area (Å²) in [5, 5.41) is 3.27. The van der Waals surface area contributed by atoms with E-state index in [9.17, 15) is 9.59 Å². The number of carbonyl (C=O) groups excluding carboxylic acids is 2. The van der Waals surface area contributed by atoms with Gasteiger partial charge in [-0.2, -0.15) is 0 Å². The van der Waals surface area contributed by atoms with Crippen LogP contribution in [0.1, 0.15) is 5.56 Å². The third kappa shape index (κ3) is 3.97. The molecule has 128 valence electrons. The predicted molar refractivity (Wildman–Crippen MR) is 101 cm³/mol. The molecule has 1 N–H and O–H groups in total. The number of imide groups is 1. The number of hydrogen-bond donors (Lipinski definition) is 1. The normalized spacial score (nSPS) is 15.8. The van der Waals surface area contributed by atoms with Gasteiger partial charge >= 0.3 is 0 Å². The molecule has 1 saturated heterocycles. The van der Waals surface area contributed by atoms with Gasteiger partial charge < -0.3 is 10.1 Å². The first-order valence-electron chi connectivity index (χ1n) is 7.46. The van der Waals surface area contributed by atoms with Crippen molar-refractivity contribution in [1.82, 2.24) is 4.90 Å². The fraction of sp³-hybridized carbons (Fsp3) is 0.111. The number of ether oxygens (including phenoxy) is 1. The summed E-state index contributed by atoms with van der Waals surface area (Å²) < 4.78 is 5.09. The minimum absolute atomic E-state index is 0.0941. The number of nitrogens with one attached hydrogen (secondary N) is 1. The van der Waals surface area contributed by atoms with E-state index in [4.69, 9.17) is 16.3 Å². The maximum atomic E-state index is 12.5. The van der Waals surface area contributed by atoms with E-state index in [2.05, 4.69) is 5.32 Å². The van der Waals surface area contributed by atoms with E-state index in [1.165, 1.54) is 0 Å². The SMILES string of the molecule is COc1ccc(NCN2C(=O)SC(=Cc3ccccc3Cl)C2=O)cc1. The molecule has 25 heavy (non-hydrogen) atoms. The Kier molecular flexibility index (Phi) is 5.31. The molecule has 0 radical (unpaired) electrons. The number of amides is 2. The van der Waals surface area contributed by atoms with Crippen LogP contribution in [-0.2, 0) is 4.79 Å². The van der Waals surface area contributed by atoms with Crippen molar-refractivity contribution in [1.29, 1.82) is 0 Å². The fourth-order valence-electron chi connectivity index (χ4n) is 2.25. The molecule has 1 heterocycles. The second-order valence-electron chi connectivity index (χ2n) is 5.19. The molecule has 0 aliphatic carbocycles. The Morgan fingerprint density at radius 1 is 1.16 bits per heavy atom. The lowest BCUT2D eigenvalue weighted by atomic mass is 10.2. The largest absolute Gasteiger partial charge is 0.497 e. The number of halogens is 1. The van der Waals surface area contributed by atoms with Gasteiger partial charge in [0.2, 0.25) is 0 Å². The van der Waals surface area contributed by atoms with Crippen LogP contribution in [0.2, 0.25) is 5.02 Å². The Hall–Kier alpha value is -2.44. The smallest absolute Gasteiger partial charge is 0.295 e. The van der Waals surface area contributed by atoms with Crippen molar-refractivity contribution < 1.29 is 14.3 Å². The van der Waals surface area contributed by atoms with Gasteiger partial charge in [0.25, 0.3) is 11.1 Å². The van der Waals surface area contributed by atoms with E-state index in [0.29, 0.717) is 15.5 Å². The number of thioether (sulfide) groups is 1. The summed E-state index contributed by atoms with van der Waals surface area (Å²) in [6.45, 7) is 0.0941. The van der Waals surface area contributed by atoms with E-state index in [1.54, 1.807) is 37.5 Å². The first kappa shape index (κ1) is 17.4. The van der Waals surface area contributed by atoms with E-state index in [-0.39, 0.29) is 17.8 Å². The Labute approximate surface area is 154 Å². The maximum absolute atomic E-state index is 12.5. The first-order valence-corrected chi connectivity index (χ1v) is 8.66. The lowest BCUT2D eigenvalue weighted by Gasteiger charge is -2.14. The molecule has 2 aromatic carbocycles. The van der Waals surface area contributed by atoms with Gasteiger partial charge in [0.1, 0.15) is 5.75 Å². The number of carbonyl (C=O) groups is 2. The van der Waals surface area contributed by atoms with Gasteiger partial charge in [0.15, 0.2) is 0 Å². The Morgan fingerprint density at radius 2 is 1.88 bits per heavy atom. The second-order valence-corrected chi connectivity index (χ2v) is 6.60. The van der Waals surface area contributed by atoms with Crippen LogP contribution in [-0.4, -0.2) is 29.8 Å². The van der Waals surface area contributed by atoms with Crippen molar-refractivity contribution in [2.75, 3.05) is 19.1 Å². The standard InChI is InChI=1S/C18H15ClN2O3S/c1-24-14-8-6-13(7-9-14)20-11-21-17(22)16(25-18(21)23)10-12-4-2-3-5-15(12)19/h2-10,20H,11H2,1H3. The fourth-order valence-corrected chi connectivity index (χ4v) is 3.27. The van der Waals surface area contributed by atoms with Crippen LogP contribution in [0.15, 0.2) is 53.4 Å². The van der Waals surface area contributed by atoms with E-state index in [0.717, 1.165) is 28.1 Å². The third-order valence-electron chi connectivity index (χ3n) is 3.60. The minimum Gasteiger partial charge on any atom is -0.497 e. The quantitative estimate of drug-likeness (QED) is 0.783. The summed E-state index contributed by atoms with van der Waals surface area (Å²) >= 11 is 7.01. The number of benzene rings is 2. The monoisotopic (exact) mass is 374 g/mol. The van der Waals surface area contributed by atoms with Gasteiger partial charge in [-0.15, -0.1) is 0 Å². The lowest BCUT2D eigenvalue weighted by molar-refractivity contribution is -0.122. The summed E-state index contributed by atoms with van der Waals surface area (Å²) in [6, 6.07) is 14.4. The zero-order valence-corrected chi connectivity index (χ0v) is 14.9. The summed E-state index contributed by atoms with van der Waals surface area (Å²) in [5.74, 6) is 0.398. The third-order valence-corrected chi connectivity index (χ3v) is 4.85. The maximum Gasteiger partial charge on any atom is 0.295 e. The van der Waals surface area contributed by atoms with Crippen LogP contribution >= 0.6 is 23.4 Å². The molecule has 0 unspecified atom stereocenters. The van der Waals surface area contributed by atoms with Crippen molar-refractivity contribution in [2.24, 2.45) is 0 Å². The summed E-state index contributed by atoms with van der Waals surface area (Å²) in [7, 11) is 1.59. The van der Waals surface area contributed by atoms with E-state index >= 15 is 0 Å². The molecule has 1 fully saturated rings. The van der Waals surface area contributed by atoms with Crippen LogP contribution < -0.4 is 10.1 Å². The van der Waals surface area contributed by atoms with Gasteiger partial charge in [0, 0.05) is 10.7 Å². The average Bonchev–Trinajstić information content (AvgIpc) is 2.89. The molecule has 0 spiro atoms. The van der Waals surface area contributed by atoms with Crippen molar-refractivity contribution in [2.45, 2.75) is 0 Å².